The van der Waals surface area contributed by atoms with E-state index in [1.807, 2.05) is 0 Å². The number of hydrogen-bond donors (Lipinski definition) is 1. The second kappa shape index (κ2) is 8.41. The summed E-state index contributed by atoms with van der Waals surface area (Å²) in [5.74, 6) is -5.90. The number of fused-ring (bicyclic) bond motifs is 2. The normalized spacial score (nSPS) is 24.7. The highest BCUT2D eigenvalue weighted by atomic mass is 35.5. The van der Waals surface area contributed by atoms with Gasteiger partial charge in [-0.1, -0.05) is 11.6 Å². The van der Waals surface area contributed by atoms with Crippen LogP contribution in [0.15, 0.2) is 35.2 Å². The maximum atomic E-state index is 13.5. The summed E-state index contributed by atoms with van der Waals surface area (Å²) < 4.78 is 66.9. The van der Waals surface area contributed by atoms with Crippen molar-refractivity contribution in [3.8, 4) is 6.07 Å². The van der Waals surface area contributed by atoms with Crippen LogP contribution < -0.4 is 5.32 Å². The average molecular weight is 483 g/mol. The molecule has 2 saturated carbocycles. The van der Waals surface area contributed by atoms with E-state index < -0.39 is 38.4 Å². The number of nitriles is 1. The first-order valence-corrected chi connectivity index (χ1v) is 11.9. The Bertz CT molecular complexity index is 1210. The lowest BCUT2D eigenvalue weighted by atomic mass is 9.81. The van der Waals surface area contributed by atoms with Gasteiger partial charge in [0.2, 0.25) is 0 Å². The molecule has 2 fully saturated rings. The largest absolute Gasteiger partial charge is 0.322 e. The van der Waals surface area contributed by atoms with Crippen molar-refractivity contribution in [2.75, 3.05) is 5.32 Å². The summed E-state index contributed by atoms with van der Waals surface area (Å²) >= 11 is 6.19. The van der Waals surface area contributed by atoms with Gasteiger partial charge in [-0.3, -0.25) is 4.79 Å². The van der Waals surface area contributed by atoms with Crippen LogP contribution in [0, 0.1) is 46.5 Å². The molecule has 0 radical (unpaired) electrons. The SMILES string of the molecule is N#CC1CC2CCC(C1)C2S(=O)(=O)c1cc(C(=O)Nc2cc(F)c(F)c(F)c2)ccc1Cl. The molecule has 2 atom stereocenters. The van der Waals surface area contributed by atoms with Crippen LogP contribution in [-0.4, -0.2) is 19.6 Å². The van der Waals surface area contributed by atoms with Gasteiger partial charge in [0.25, 0.3) is 5.91 Å². The van der Waals surface area contributed by atoms with E-state index in [0.29, 0.717) is 37.8 Å². The van der Waals surface area contributed by atoms with E-state index in [9.17, 15) is 31.6 Å². The van der Waals surface area contributed by atoms with Crippen molar-refractivity contribution in [1.29, 1.82) is 5.26 Å². The van der Waals surface area contributed by atoms with E-state index in [4.69, 9.17) is 11.6 Å². The molecular formula is C22H18ClF3N2O3S. The fraction of sp³-hybridized carbons (Fsp3) is 0.364. The second-order valence-corrected chi connectivity index (χ2v) is 10.7. The van der Waals surface area contributed by atoms with E-state index in [2.05, 4.69) is 11.4 Å². The van der Waals surface area contributed by atoms with E-state index >= 15 is 0 Å². The third-order valence-electron chi connectivity index (χ3n) is 6.29. The van der Waals surface area contributed by atoms with E-state index in [0.717, 1.165) is 6.07 Å². The topological polar surface area (TPSA) is 87.0 Å². The zero-order valence-corrected chi connectivity index (χ0v) is 18.2. The number of sulfone groups is 1. The molecule has 4 rings (SSSR count). The fourth-order valence-corrected chi connectivity index (χ4v) is 7.80. The first-order valence-electron chi connectivity index (χ1n) is 10.0. The molecule has 2 bridgehead atoms. The van der Waals surface area contributed by atoms with Crippen LogP contribution in [0.3, 0.4) is 0 Å². The monoisotopic (exact) mass is 482 g/mol. The quantitative estimate of drug-likeness (QED) is 0.613. The molecule has 32 heavy (non-hydrogen) atoms. The molecule has 5 nitrogen and oxygen atoms in total. The predicted molar refractivity (Wildman–Crippen MR) is 111 cm³/mol. The third-order valence-corrected chi connectivity index (χ3v) is 9.17. The zero-order valence-electron chi connectivity index (χ0n) is 16.6. The van der Waals surface area contributed by atoms with Crippen LogP contribution >= 0.6 is 11.6 Å². The molecule has 2 aromatic carbocycles. The number of carbonyl (C=O) groups is 1. The Morgan fingerprint density at radius 3 is 2.22 bits per heavy atom. The lowest BCUT2D eigenvalue weighted by Gasteiger charge is -2.32. The van der Waals surface area contributed by atoms with Gasteiger partial charge in [0.1, 0.15) is 0 Å². The van der Waals surface area contributed by atoms with Gasteiger partial charge in [0.05, 0.1) is 21.2 Å². The Balaban J connectivity index is 1.63. The summed E-state index contributed by atoms with van der Waals surface area (Å²) in [7, 11) is -3.90. The highest BCUT2D eigenvalue weighted by Crippen LogP contribution is 2.50. The number of carbonyl (C=O) groups excluding carboxylic acids is 1. The summed E-state index contributed by atoms with van der Waals surface area (Å²) in [5, 5.41) is 10.8. The summed E-state index contributed by atoms with van der Waals surface area (Å²) in [6.07, 6.45) is 2.45. The van der Waals surface area contributed by atoms with E-state index in [1.54, 1.807) is 0 Å². The van der Waals surface area contributed by atoms with Gasteiger partial charge in [0.15, 0.2) is 27.3 Å². The minimum absolute atomic E-state index is 0.0396. The summed E-state index contributed by atoms with van der Waals surface area (Å²) in [6, 6.07) is 7.18. The van der Waals surface area contributed by atoms with Crippen molar-refractivity contribution in [1.82, 2.24) is 0 Å². The maximum absolute atomic E-state index is 13.5. The Morgan fingerprint density at radius 1 is 1.06 bits per heavy atom. The lowest BCUT2D eigenvalue weighted by molar-refractivity contribution is 0.102. The van der Waals surface area contributed by atoms with Crippen LogP contribution in [-0.2, 0) is 9.84 Å². The van der Waals surface area contributed by atoms with Gasteiger partial charge in [-0.05, 0) is 55.7 Å². The van der Waals surface area contributed by atoms with Gasteiger partial charge in [-0.25, -0.2) is 21.6 Å². The summed E-state index contributed by atoms with van der Waals surface area (Å²) in [4.78, 5) is 12.4. The predicted octanol–water partition coefficient (Wildman–Crippen LogP) is 5.11. The van der Waals surface area contributed by atoms with Crippen molar-refractivity contribution in [2.24, 2.45) is 17.8 Å². The van der Waals surface area contributed by atoms with Gasteiger partial charge in [-0.2, -0.15) is 5.26 Å². The summed E-state index contributed by atoms with van der Waals surface area (Å²) in [5.41, 5.74) is -0.408. The maximum Gasteiger partial charge on any atom is 0.255 e. The van der Waals surface area contributed by atoms with Crippen molar-refractivity contribution in [3.63, 3.8) is 0 Å². The fourth-order valence-electron chi connectivity index (χ4n) is 4.92. The molecule has 0 spiro atoms. The molecular weight excluding hydrogens is 465 g/mol. The minimum Gasteiger partial charge on any atom is -0.322 e. The number of anilines is 1. The molecule has 0 saturated heterocycles. The molecule has 2 aliphatic carbocycles. The molecule has 1 N–H and O–H groups in total. The second-order valence-electron chi connectivity index (χ2n) is 8.26. The molecule has 0 aliphatic heterocycles. The Labute approximate surface area is 188 Å². The van der Waals surface area contributed by atoms with E-state index in [-0.39, 0.29) is 38.9 Å². The van der Waals surface area contributed by atoms with Crippen molar-refractivity contribution >= 4 is 33.0 Å². The first kappa shape index (κ1) is 22.6. The van der Waals surface area contributed by atoms with Crippen LogP contribution in [0.25, 0.3) is 0 Å². The van der Waals surface area contributed by atoms with Crippen LogP contribution in [0.1, 0.15) is 36.0 Å². The number of nitrogens with one attached hydrogen (secondary N) is 1. The summed E-state index contributed by atoms with van der Waals surface area (Å²) in [6.45, 7) is 0. The molecule has 2 aromatic rings. The van der Waals surface area contributed by atoms with Crippen LogP contribution in [0.5, 0.6) is 0 Å². The third kappa shape index (κ3) is 3.97. The van der Waals surface area contributed by atoms with Gasteiger partial charge in [-0.15, -0.1) is 0 Å². The lowest BCUT2D eigenvalue weighted by Crippen LogP contribution is -2.37. The van der Waals surface area contributed by atoms with Crippen molar-refractivity contribution in [2.45, 2.75) is 35.8 Å². The number of benzene rings is 2. The first-order chi connectivity index (χ1) is 15.1. The van der Waals surface area contributed by atoms with Crippen LogP contribution in [0.4, 0.5) is 18.9 Å². The Morgan fingerprint density at radius 2 is 1.66 bits per heavy atom. The molecule has 0 aromatic heterocycles. The van der Waals surface area contributed by atoms with Crippen LogP contribution in [0.2, 0.25) is 5.02 Å². The minimum atomic E-state index is -3.90. The van der Waals surface area contributed by atoms with E-state index in [1.165, 1.54) is 12.1 Å². The molecule has 0 heterocycles. The molecule has 10 heteroatoms. The van der Waals surface area contributed by atoms with Gasteiger partial charge in [0, 0.05) is 29.3 Å². The number of halogens is 4. The Hall–Kier alpha value is -2.57. The van der Waals surface area contributed by atoms with Gasteiger partial charge >= 0.3 is 0 Å². The average Bonchev–Trinajstić information content (AvgIpc) is 3.03. The van der Waals surface area contributed by atoms with Crippen molar-refractivity contribution in [3.05, 3.63) is 58.4 Å². The number of rotatable bonds is 4. The Kier molecular flexibility index (Phi) is 5.94. The highest BCUT2D eigenvalue weighted by molar-refractivity contribution is 7.92. The smallest absolute Gasteiger partial charge is 0.255 e. The number of hydrogen-bond acceptors (Lipinski definition) is 4. The number of amides is 1. The number of nitrogens with zero attached hydrogens (tertiary/aromatic N) is 1. The molecule has 2 aliphatic rings. The molecule has 168 valence electrons. The zero-order chi connectivity index (χ0) is 23.2. The van der Waals surface area contributed by atoms with Crippen molar-refractivity contribution < 1.29 is 26.4 Å². The molecule has 2 unspecified atom stereocenters. The molecule has 1 amide bonds. The standard InChI is InChI=1S/C22H18ClF3N2O3S/c23-16-4-3-14(22(29)28-15-8-17(24)20(26)18(25)9-15)7-19(16)32(30,31)21-12-1-2-13(21)6-11(5-12)10-27/h3-4,7-9,11-13,21H,1-2,5-6H2,(H,28,29). The van der Waals surface area contributed by atoms with Gasteiger partial charge < -0.3 is 5.32 Å². The highest BCUT2D eigenvalue weighted by Gasteiger charge is 2.50.